The van der Waals surface area contributed by atoms with E-state index in [0.717, 1.165) is 24.1 Å². The second-order valence-corrected chi connectivity index (χ2v) is 5.60. The number of ether oxygens (including phenoxy) is 2. The Morgan fingerprint density at radius 1 is 1.45 bits per heavy atom. The van der Waals surface area contributed by atoms with Gasteiger partial charge in [-0.05, 0) is 35.0 Å². The average molecular weight is 364 g/mol. The molecule has 1 aromatic carbocycles. The molecule has 5 nitrogen and oxygen atoms in total. The Morgan fingerprint density at radius 2 is 2.25 bits per heavy atom. The number of nitrogens with one attached hydrogen (secondary N) is 1. The highest BCUT2D eigenvalue weighted by molar-refractivity contribution is 9.10. The van der Waals surface area contributed by atoms with Gasteiger partial charge in [0.05, 0.1) is 4.47 Å². The third-order valence-electron chi connectivity index (χ3n) is 3.44. The summed E-state index contributed by atoms with van der Waals surface area (Å²) in [7, 11) is 0. The molecule has 2 heterocycles. The van der Waals surface area contributed by atoms with E-state index >= 15 is 0 Å². The number of nitrogens with zero attached hydrogens (tertiary/aromatic N) is 1. The zero-order valence-electron chi connectivity index (χ0n) is 11.0. The Kier molecular flexibility index (Phi) is 4.78. The smallest absolute Gasteiger partial charge is 0.254 e. The summed E-state index contributed by atoms with van der Waals surface area (Å²) < 4.78 is 11.4. The lowest BCUT2D eigenvalue weighted by atomic mass is 10.1. The van der Waals surface area contributed by atoms with Gasteiger partial charge >= 0.3 is 0 Å². The van der Waals surface area contributed by atoms with Gasteiger partial charge in [-0.25, -0.2) is 0 Å². The van der Waals surface area contributed by atoms with Crippen LogP contribution in [0.4, 0.5) is 0 Å². The molecule has 1 atom stereocenters. The van der Waals surface area contributed by atoms with Crippen molar-refractivity contribution in [2.24, 2.45) is 0 Å². The van der Waals surface area contributed by atoms with E-state index in [-0.39, 0.29) is 31.1 Å². The first kappa shape index (κ1) is 15.4. The quantitative estimate of drug-likeness (QED) is 0.829. The van der Waals surface area contributed by atoms with Crippen molar-refractivity contribution in [3.63, 3.8) is 0 Å². The number of hydrogen-bond donors (Lipinski definition) is 1. The summed E-state index contributed by atoms with van der Waals surface area (Å²) in [5.74, 6) is 1.33. The normalized spacial score (nSPS) is 20.5. The Balaban J connectivity index is 0.00000147. The zero-order valence-corrected chi connectivity index (χ0v) is 13.4. The third kappa shape index (κ3) is 2.73. The van der Waals surface area contributed by atoms with Gasteiger partial charge in [0.25, 0.3) is 5.91 Å². The number of hydrogen-bond acceptors (Lipinski definition) is 4. The van der Waals surface area contributed by atoms with Gasteiger partial charge in [-0.1, -0.05) is 0 Å². The monoisotopic (exact) mass is 362 g/mol. The van der Waals surface area contributed by atoms with E-state index in [0.29, 0.717) is 17.1 Å². The number of amides is 1. The summed E-state index contributed by atoms with van der Waals surface area (Å²) in [6.45, 7) is 4.65. The first-order chi connectivity index (χ1) is 9.16. The van der Waals surface area contributed by atoms with Crippen molar-refractivity contribution in [3.8, 4) is 11.5 Å². The Hall–Kier alpha value is -0.980. The molecular formula is C13H16BrClN2O3. The van der Waals surface area contributed by atoms with Crippen molar-refractivity contribution in [3.05, 3.63) is 22.2 Å². The summed E-state index contributed by atoms with van der Waals surface area (Å²) in [4.78, 5) is 14.4. The first-order valence-electron chi connectivity index (χ1n) is 6.27. The Labute approximate surface area is 132 Å². The van der Waals surface area contributed by atoms with Crippen LogP contribution in [0.2, 0.25) is 0 Å². The molecule has 0 radical (unpaired) electrons. The van der Waals surface area contributed by atoms with E-state index < -0.39 is 0 Å². The summed E-state index contributed by atoms with van der Waals surface area (Å²) in [6.07, 6.45) is 0. The van der Waals surface area contributed by atoms with Crippen molar-refractivity contribution in [2.75, 3.05) is 26.4 Å². The molecular weight excluding hydrogens is 348 g/mol. The van der Waals surface area contributed by atoms with Crippen molar-refractivity contribution >= 4 is 34.2 Å². The fraction of sp³-hybridized carbons (Fsp3) is 0.462. The molecule has 2 aliphatic rings. The van der Waals surface area contributed by atoms with Crippen LogP contribution in [0.25, 0.3) is 0 Å². The van der Waals surface area contributed by atoms with E-state index in [2.05, 4.69) is 21.2 Å². The molecule has 7 heteroatoms. The molecule has 20 heavy (non-hydrogen) atoms. The first-order valence-corrected chi connectivity index (χ1v) is 7.07. The molecule has 0 aromatic heterocycles. The lowest BCUT2D eigenvalue weighted by molar-refractivity contribution is 0.0655. The second-order valence-electron chi connectivity index (χ2n) is 4.74. The lowest BCUT2D eigenvalue weighted by Crippen LogP contribution is -2.52. The van der Waals surface area contributed by atoms with Gasteiger partial charge in [-0.3, -0.25) is 4.79 Å². The van der Waals surface area contributed by atoms with E-state index in [4.69, 9.17) is 9.47 Å². The van der Waals surface area contributed by atoms with Gasteiger partial charge in [-0.15, -0.1) is 12.4 Å². The maximum Gasteiger partial charge on any atom is 0.254 e. The van der Waals surface area contributed by atoms with Crippen LogP contribution in [0.3, 0.4) is 0 Å². The SMILES string of the molecule is C[C@H]1CNCCN1C(=O)c1cc(Br)c2c(c1)OCO2.Cl. The molecule has 1 amide bonds. The van der Waals surface area contributed by atoms with E-state index in [1.807, 2.05) is 11.8 Å². The molecule has 0 bridgehead atoms. The molecule has 2 aliphatic heterocycles. The topological polar surface area (TPSA) is 50.8 Å². The number of carbonyl (C=O) groups is 1. The molecule has 0 aliphatic carbocycles. The van der Waals surface area contributed by atoms with E-state index in [1.165, 1.54) is 0 Å². The molecule has 1 aromatic rings. The maximum atomic E-state index is 12.5. The van der Waals surface area contributed by atoms with Gasteiger partial charge in [0, 0.05) is 31.2 Å². The van der Waals surface area contributed by atoms with Crippen LogP contribution in [-0.4, -0.2) is 43.3 Å². The predicted molar refractivity (Wildman–Crippen MR) is 80.9 cm³/mol. The second kappa shape index (κ2) is 6.20. The molecule has 0 saturated carbocycles. The summed E-state index contributed by atoms with van der Waals surface area (Å²) in [5.41, 5.74) is 0.630. The standard InChI is InChI=1S/C13H15BrN2O3.ClH/c1-8-6-15-2-3-16(8)13(17)9-4-10(14)12-11(5-9)18-7-19-12;/h4-5,8,15H,2-3,6-7H2,1H3;1H/t8-;/m0./s1. The number of rotatable bonds is 1. The molecule has 0 spiro atoms. The minimum absolute atomic E-state index is 0. The van der Waals surface area contributed by atoms with Gasteiger partial charge in [-0.2, -0.15) is 0 Å². The van der Waals surface area contributed by atoms with Crippen LogP contribution < -0.4 is 14.8 Å². The number of piperazine rings is 1. The van der Waals surface area contributed by atoms with Crippen molar-refractivity contribution in [1.82, 2.24) is 10.2 Å². The fourth-order valence-electron chi connectivity index (χ4n) is 2.40. The minimum atomic E-state index is 0. The van der Waals surface area contributed by atoms with Crippen molar-refractivity contribution in [2.45, 2.75) is 13.0 Å². The van der Waals surface area contributed by atoms with Crippen LogP contribution in [0, 0.1) is 0 Å². The molecule has 3 rings (SSSR count). The number of benzene rings is 1. The van der Waals surface area contributed by atoms with Crippen LogP contribution >= 0.6 is 28.3 Å². The van der Waals surface area contributed by atoms with Crippen LogP contribution in [0.5, 0.6) is 11.5 Å². The highest BCUT2D eigenvalue weighted by atomic mass is 79.9. The Morgan fingerprint density at radius 3 is 3.00 bits per heavy atom. The van der Waals surface area contributed by atoms with Crippen LogP contribution in [-0.2, 0) is 0 Å². The fourth-order valence-corrected chi connectivity index (χ4v) is 2.96. The third-order valence-corrected chi connectivity index (χ3v) is 4.03. The molecule has 1 fully saturated rings. The maximum absolute atomic E-state index is 12.5. The Bertz CT molecular complexity index is 527. The highest BCUT2D eigenvalue weighted by Crippen LogP contribution is 2.40. The summed E-state index contributed by atoms with van der Waals surface area (Å²) in [6, 6.07) is 3.75. The van der Waals surface area contributed by atoms with Crippen LogP contribution in [0.15, 0.2) is 16.6 Å². The largest absolute Gasteiger partial charge is 0.454 e. The van der Waals surface area contributed by atoms with Crippen molar-refractivity contribution in [1.29, 1.82) is 0 Å². The number of fused-ring (bicyclic) bond motifs is 1. The average Bonchev–Trinajstić information content (AvgIpc) is 2.87. The van der Waals surface area contributed by atoms with Crippen LogP contribution in [0.1, 0.15) is 17.3 Å². The highest BCUT2D eigenvalue weighted by Gasteiger charge is 2.27. The van der Waals surface area contributed by atoms with Gasteiger partial charge < -0.3 is 19.7 Å². The number of carbonyl (C=O) groups excluding carboxylic acids is 1. The number of halogens is 2. The van der Waals surface area contributed by atoms with Gasteiger partial charge in [0.15, 0.2) is 11.5 Å². The summed E-state index contributed by atoms with van der Waals surface area (Å²) in [5, 5.41) is 3.28. The minimum Gasteiger partial charge on any atom is -0.454 e. The molecule has 1 saturated heterocycles. The zero-order chi connectivity index (χ0) is 13.4. The lowest BCUT2D eigenvalue weighted by Gasteiger charge is -2.34. The molecule has 1 N–H and O–H groups in total. The van der Waals surface area contributed by atoms with E-state index in [9.17, 15) is 4.79 Å². The van der Waals surface area contributed by atoms with Gasteiger partial charge in [0.2, 0.25) is 6.79 Å². The van der Waals surface area contributed by atoms with E-state index in [1.54, 1.807) is 12.1 Å². The van der Waals surface area contributed by atoms with Crippen molar-refractivity contribution < 1.29 is 14.3 Å². The van der Waals surface area contributed by atoms with Gasteiger partial charge in [0.1, 0.15) is 0 Å². The molecule has 110 valence electrons. The predicted octanol–water partition coefficient (Wildman–Crippen LogP) is 2.03. The summed E-state index contributed by atoms with van der Waals surface area (Å²) >= 11 is 3.42. The molecule has 0 unspecified atom stereocenters.